The molecule has 0 radical (unpaired) electrons. The molecule has 0 spiro atoms. The average molecular weight is 373 g/mol. The number of rotatable bonds is 4. The fraction of sp³-hybridized carbons (Fsp3) is 0.368. The first kappa shape index (κ1) is 17.1. The van der Waals surface area contributed by atoms with E-state index in [4.69, 9.17) is 21.4 Å². The van der Waals surface area contributed by atoms with E-state index in [-0.39, 0.29) is 12.1 Å². The second-order valence-electron chi connectivity index (χ2n) is 6.56. The van der Waals surface area contributed by atoms with E-state index < -0.39 is 0 Å². The Kier molecular flexibility index (Phi) is 4.70. The minimum absolute atomic E-state index is 0.0306. The molecule has 6 nitrogen and oxygen atoms in total. The number of aliphatic hydroxyl groups is 1. The topological polar surface area (TPSA) is 65.1 Å². The Hall–Kier alpha value is -2.31. The summed E-state index contributed by atoms with van der Waals surface area (Å²) in [6, 6.07) is 7.30. The van der Waals surface area contributed by atoms with Gasteiger partial charge in [-0.25, -0.2) is 4.68 Å². The van der Waals surface area contributed by atoms with Crippen LogP contribution in [0.4, 0.5) is 0 Å². The van der Waals surface area contributed by atoms with E-state index in [0.717, 1.165) is 42.6 Å². The predicted octanol–water partition coefficient (Wildman–Crippen LogP) is 3.87. The summed E-state index contributed by atoms with van der Waals surface area (Å²) in [5.74, 6) is 0.692. The molecule has 1 fully saturated rings. The van der Waals surface area contributed by atoms with Gasteiger partial charge in [-0.1, -0.05) is 24.4 Å². The first-order valence-corrected chi connectivity index (χ1v) is 9.16. The van der Waals surface area contributed by atoms with Gasteiger partial charge in [0.1, 0.15) is 17.1 Å². The number of hydrogen-bond acceptors (Lipinski definition) is 4. The highest BCUT2D eigenvalue weighted by molar-refractivity contribution is 6.31. The van der Waals surface area contributed by atoms with Gasteiger partial charge in [-0.15, -0.1) is 0 Å². The maximum absolute atomic E-state index is 10.4. The van der Waals surface area contributed by atoms with Crippen molar-refractivity contribution in [3.05, 3.63) is 47.9 Å². The summed E-state index contributed by atoms with van der Waals surface area (Å²) < 4.78 is 9.16. The molecule has 1 aliphatic carbocycles. The fourth-order valence-corrected chi connectivity index (χ4v) is 3.76. The molecular weight excluding hydrogens is 352 g/mol. The van der Waals surface area contributed by atoms with E-state index in [1.54, 1.807) is 24.1 Å². The van der Waals surface area contributed by atoms with Gasteiger partial charge in [-0.3, -0.25) is 4.68 Å². The van der Waals surface area contributed by atoms with Crippen LogP contribution in [0.2, 0.25) is 5.02 Å². The van der Waals surface area contributed by atoms with Gasteiger partial charge in [0.25, 0.3) is 0 Å². The SMILES string of the molecule is COc1ccc(Cl)cc1-c1nn([C@@H]2CCCC[C@H]2O)cc1-n1cccn1. The van der Waals surface area contributed by atoms with Crippen molar-refractivity contribution in [2.75, 3.05) is 7.11 Å². The summed E-state index contributed by atoms with van der Waals surface area (Å²) in [5.41, 5.74) is 2.36. The number of aliphatic hydroxyl groups excluding tert-OH is 1. The summed E-state index contributed by atoms with van der Waals surface area (Å²) in [5, 5.41) is 20.2. The number of aromatic nitrogens is 4. The zero-order chi connectivity index (χ0) is 18.1. The lowest BCUT2D eigenvalue weighted by Gasteiger charge is -2.27. The van der Waals surface area contributed by atoms with Crippen LogP contribution in [0.1, 0.15) is 31.7 Å². The molecule has 1 aromatic carbocycles. The third-order valence-corrected chi connectivity index (χ3v) is 5.15. The average Bonchev–Trinajstić information content (AvgIpc) is 3.31. The highest BCUT2D eigenvalue weighted by Gasteiger charge is 2.27. The summed E-state index contributed by atoms with van der Waals surface area (Å²) in [6.45, 7) is 0. The van der Waals surface area contributed by atoms with Crippen molar-refractivity contribution in [3.8, 4) is 22.7 Å². The van der Waals surface area contributed by atoms with E-state index >= 15 is 0 Å². The van der Waals surface area contributed by atoms with Gasteiger partial charge in [-0.2, -0.15) is 10.2 Å². The van der Waals surface area contributed by atoms with Crippen LogP contribution >= 0.6 is 11.6 Å². The van der Waals surface area contributed by atoms with E-state index in [1.165, 1.54) is 0 Å². The minimum atomic E-state index is -0.386. The molecule has 1 saturated carbocycles. The van der Waals surface area contributed by atoms with Gasteiger partial charge >= 0.3 is 0 Å². The Morgan fingerprint density at radius 2 is 2.12 bits per heavy atom. The number of ether oxygens (including phenoxy) is 1. The van der Waals surface area contributed by atoms with Gasteiger partial charge in [-0.05, 0) is 37.1 Å². The molecule has 1 N–H and O–H groups in total. The number of halogens is 1. The molecule has 0 saturated heterocycles. The number of benzene rings is 1. The highest BCUT2D eigenvalue weighted by atomic mass is 35.5. The van der Waals surface area contributed by atoms with Gasteiger partial charge < -0.3 is 9.84 Å². The lowest BCUT2D eigenvalue weighted by molar-refractivity contribution is 0.0695. The second-order valence-corrected chi connectivity index (χ2v) is 6.99. The van der Waals surface area contributed by atoms with Crippen LogP contribution in [0.25, 0.3) is 16.9 Å². The molecule has 0 aliphatic heterocycles. The monoisotopic (exact) mass is 372 g/mol. The molecule has 1 aliphatic rings. The van der Waals surface area contributed by atoms with E-state index in [1.807, 2.05) is 35.3 Å². The molecule has 3 aromatic rings. The molecule has 26 heavy (non-hydrogen) atoms. The smallest absolute Gasteiger partial charge is 0.128 e. The van der Waals surface area contributed by atoms with Gasteiger partial charge in [0, 0.05) is 23.0 Å². The van der Waals surface area contributed by atoms with Crippen LogP contribution < -0.4 is 4.74 Å². The fourth-order valence-electron chi connectivity index (χ4n) is 3.59. The van der Waals surface area contributed by atoms with Gasteiger partial charge in [0.05, 0.1) is 25.5 Å². The molecule has 2 aromatic heterocycles. The first-order valence-electron chi connectivity index (χ1n) is 8.78. The van der Waals surface area contributed by atoms with Crippen molar-refractivity contribution in [2.45, 2.75) is 37.8 Å². The second kappa shape index (κ2) is 7.13. The molecule has 2 heterocycles. The molecule has 0 unspecified atom stereocenters. The number of hydrogen-bond donors (Lipinski definition) is 1. The molecule has 4 rings (SSSR count). The zero-order valence-corrected chi connectivity index (χ0v) is 15.3. The molecule has 0 amide bonds. The van der Waals surface area contributed by atoms with Crippen LogP contribution in [0.5, 0.6) is 5.75 Å². The molecule has 7 heteroatoms. The predicted molar refractivity (Wildman–Crippen MR) is 99.9 cm³/mol. The molecule has 136 valence electrons. The van der Waals surface area contributed by atoms with Crippen LogP contribution in [0.15, 0.2) is 42.9 Å². The summed E-state index contributed by atoms with van der Waals surface area (Å²) in [4.78, 5) is 0. The van der Waals surface area contributed by atoms with Crippen molar-refractivity contribution in [1.29, 1.82) is 0 Å². The zero-order valence-electron chi connectivity index (χ0n) is 14.5. The van der Waals surface area contributed by atoms with Crippen molar-refractivity contribution in [1.82, 2.24) is 19.6 Å². The minimum Gasteiger partial charge on any atom is -0.496 e. The summed E-state index contributed by atoms with van der Waals surface area (Å²) in [7, 11) is 1.63. The molecule has 0 bridgehead atoms. The van der Waals surface area contributed by atoms with E-state index in [0.29, 0.717) is 10.8 Å². The lowest BCUT2D eigenvalue weighted by atomic mass is 9.93. The van der Waals surface area contributed by atoms with Gasteiger partial charge in [0.15, 0.2) is 0 Å². The summed E-state index contributed by atoms with van der Waals surface area (Å²) in [6.07, 6.45) is 9.02. The first-order chi connectivity index (χ1) is 12.7. The van der Waals surface area contributed by atoms with Crippen molar-refractivity contribution in [3.63, 3.8) is 0 Å². The standard InChI is InChI=1S/C19H21ClN4O2/c1-26-18-8-7-13(20)11-14(18)19-16(23-10-4-9-21-23)12-24(22-19)15-5-2-3-6-17(15)25/h4,7-12,15,17,25H,2-3,5-6H2,1H3/t15-,17-/m1/s1. The Labute approximate surface area is 157 Å². The van der Waals surface area contributed by atoms with Crippen molar-refractivity contribution < 1.29 is 9.84 Å². The Balaban J connectivity index is 1.87. The van der Waals surface area contributed by atoms with Crippen molar-refractivity contribution >= 4 is 11.6 Å². The van der Waals surface area contributed by atoms with Crippen LogP contribution in [0, 0.1) is 0 Å². The largest absolute Gasteiger partial charge is 0.496 e. The third kappa shape index (κ3) is 3.10. The quantitative estimate of drug-likeness (QED) is 0.754. The molecule has 2 atom stereocenters. The van der Waals surface area contributed by atoms with Crippen LogP contribution in [-0.4, -0.2) is 37.9 Å². The van der Waals surface area contributed by atoms with Crippen molar-refractivity contribution in [2.24, 2.45) is 0 Å². The summed E-state index contributed by atoms with van der Waals surface area (Å²) >= 11 is 6.23. The maximum Gasteiger partial charge on any atom is 0.128 e. The Bertz CT molecular complexity index is 891. The van der Waals surface area contributed by atoms with Crippen LogP contribution in [0.3, 0.4) is 0 Å². The lowest BCUT2D eigenvalue weighted by Crippen LogP contribution is -2.27. The Morgan fingerprint density at radius 1 is 1.27 bits per heavy atom. The number of nitrogens with zero attached hydrogens (tertiary/aromatic N) is 4. The third-order valence-electron chi connectivity index (χ3n) is 4.91. The maximum atomic E-state index is 10.4. The molecular formula is C19H21ClN4O2. The van der Waals surface area contributed by atoms with Gasteiger partial charge in [0.2, 0.25) is 0 Å². The van der Waals surface area contributed by atoms with E-state index in [9.17, 15) is 5.11 Å². The Morgan fingerprint density at radius 3 is 2.85 bits per heavy atom. The normalized spacial score (nSPS) is 20.3. The van der Waals surface area contributed by atoms with Crippen LogP contribution in [-0.2, 0) is 0 Å². The number of methoxy groups -OCH3 is 1. The highest BCUT2D eigenvalue weighted by Crippen LogP contribution is 2.37. The van der Waals surface area contributed by atoms with E-state index in [2.05, 4.69) is 5.10 Å².